The highest BCUT2D eigenvalue weighted by molar-refractivity contribution is 5.91. The van der Waals surface area contributed by atoms with Crippen LogP contribution in [0.2, 0.25) is 0 Å². The van der Waals surface area contributed by atoms with E-state index in [0.717, 1.165) is 37.8 Å². The first-order valence-corrected chi connectivity index (χ1v) is 8.37. The molecule has 0 rings (SSSR count). The maximum Gasteiger partial charge on any atom is 0.331 e. The Hall–Kier alpha value is -1.32. The van der Waals surface area contributed by atoms with E-state index < -0.39 is 11.9 Å². The molecule has 4 atom stereocenters. The molecular weight excluding hydrogens is 280 g/mol. The van der Waals surface area contributed by atoms with E-state index in [1.165, 1.54) is 0 Å². The molecule has 128 valence electrons. The second-order valence-corrected chi connectivity index (χ2v) is 6.33. The van der Waals surface area contributed by atoms with Gasteiger partial charge >= 0.3 is 11.9 Å². The maximum atomic E-state index is 11.6. The van der Waals surface area contributed by atoms with E-state index in [4.69, 9.17) is 9.47 Å². The summed E-state index contributed by atoms with van der Waals surface area (Å²) in [6.45, 7) is 12.2. The number of rotatable bonds is 10. The van der Waals surface area contributed by atoms with Crippen molar-refractivity contribution < 1.29 is 19.1 Å². The average Bonchev–Trinajstić information content (AvgIpc) is 2.44. The monoisotopic (exact) mass is 312 g/mol. The van der Waals surface area contributed by atoms with Gasteiger partial charge in [-0.3, -0.25) is 0 Å². The lowest BCUT2D eigenvalue weighted by atomic mass is 10.0. The van der Waals surface area contributed by atoms with Crippen molar-refractivity contribution in [1.29, 1.82) is 0 Å². The minimum absolute atomic E-state index is 0.146. The molecular formula is C18H32O4. The zero-order chi connectivity index (χ0) is 17.1. The van der Waals surface area contributed by atoms with Crippen LogP contribution < -0.4 is 0 Å². The summed E-state index contributed by atoms with van der Waals surface area (Å²) in [7, 11) is 0. The van der Waals surface area contributed by atoms with E-state index in [0.29, 0.717) is 11.8 Å². The summed E-state index contributed by atoms with van der Waals surface area (Å²) in [5.41, 5.74) is 0. The number of esters is 2. The third-order valence-corrected chi connectivity index (χ3v) is 3.85. The Kier molecular flexibility index (Phi) is 10.6. The fraction of sp³-hybridized carbons (Fsp3) is 0.778. The van der Waals surface area contributed by atoms with Crippen molar-refractivity contribution in [2.24, 2.45) is 11.8 Å². The number of hydrogen-bond donors (Lipinski definition) is 0. The second kappa shape index (κ2) is 11.3. The molecule has 0 saturated heterocycles. The molecule has 22 heavy (non-hydrogen) atoms. The number of ether oxygens (including phenoxy) is 2. The van der Waals surface area contributed by atoms with Crippen LogP contribution in [0.1, 0.15) is 67.2 Å². The van der Waals surface area contributed by atoms with E-state index in [9.17, 15) is 9.59 Å². The van der Waals surface area contributed by atoms with Crippen molar-refractivity contribution in [3.05, 3.63) is 12.2 Å². The van der Waals surface area contributed by atoms with Crippen molar-refractivity contribution in [3.8, 4) is 0 Å². The van der Waals surface area contributed by atoms with E-state index >= 15 is 0 Å². The smallest absolute Gasteiger partial charge is 0.331 e. The number of hydrogen-bond acceptors (Lipinski definition) is 4. The lowest BCUT2D eigenvalue weighted by Crippen LogP contribution is -2.18. The zero-order valence-electron chi connectivity index (χ0n) is 14.9. The molecule has 0 aliphatic carbocycles. The van der Waals surface area contributed by atoms with Gasteiger partial charge in [0.25, 0.3) is 0 Å². The largest absolute Gasteiger partial charge is 0.460 e. The summed E-state index contributed by atoms with van der Waals surface area (Å²) in [6, 6.07) is 0. The summed E-state index contributed by atoms with van der Waals surface area (Å²) in [6.07, 6.45) is 5.76. The first kappa shape index (κ1) is 20.7. The Labute approximate surface area is 135 Å². The van der Waals surface area contributed by atoms with Crippen LogP contribution in [-0.4, -0.2) is 24.1 Å². The molecule has 0 heterocycles. The van der Waals surface area contributed by atoms with Gasteiger partial charge in [0, 0.05) is 12.2 Å². The molecule has 0 fully saturated rings. The van der Waals surface area contributed by atoms with Gasteiger partial charge < -0.3 is 9.47 Å². The second-order valence-electron chi connectivity index (χ2n) is 6.33. The summed E-state index contributed by atoms with van der Waals surface area (Å²) in [4.78, 5) is 23.2. The Balaban J connectivity index is 4.12. The Bertz CT molecular complexity index is 328. The van der Waals surface area contributed by atoms with Gasteiger partial charge in [-0.05, 0) is 38.5 Å². The predicted octanol–water partition coefficient (Wildman–Crippen LogP) is 4.28. The van der Waals surface area contributed by atoms with E-state index in [1.54, 1.807) is 0 Å². The van der Waals surface area contributed by atoms with Gasteiger partial charge in [0.05, 0.1) is 12.2 Å². The van der Waals surface area contributed by atoms with Crippen LogP contribution in [0.3, 0.4) is 0 Å². The highest BCUT2D eigenvalue weighted by Crippen LogP contribution is 2.13. The van der Waals surface area contributed by atoms with E-state index in [2.05, 4.69) is 27.7 Å². The van der Waals surface area contributed by atoms with Gasteiger partial charge in [-0.2, -0.15) is 0 Å². The van der Waals surface area contributed by atoms with Crippen molar-refractivity contribution in [1.82, 2.24) is 0 Å². The molecule has 0 aliphatic heterocycles. The lowest BCUT2D eigenvalue weighted by molar-refractivity contribution is -0.145. The van der Waals surface area contributed by atoms with Crippen LogP contribution in [0, 0.1) is 11.8 Å². The normalized spacial score (nSPS) is 16.8. The van der Waals surface area contributed by atoms with Gasteiger partial charge in [0.2, 0.25) is 0 Å². The molecule has 0 aromatic heterocycles. The molecule has 0 N–H and O–H groups in total. The van der Waals surface area contributed by atoms with Crippen LogP contribution >= 0.6 is 0 Å². The van der Waals surface area contributed by atoms with Crippen LogP contribution in [0.25, 0.3) is 0 Å². The number of carbonyl (C=O) groups excluding carboxylic acids is 2. The minimum Gasteiger partial charge on any atom is -0.460 e. The predicted molar refractivity (Wildman–Crippen MR) is 88.4 cm³/mol. The minimum atomic E-state index is -0.498. The Morgan fingerprint density at radius 3 is 1.36 bits per heavy atom. The topological polar surface area (TPSA) is 52.6 Å². The van der Waals surface area contributed by atoms with Gasteiger partial charge in [-0.25, -0.2) is 9.59 Å². The SMILES string of the molecule is CCC(C)CC(C)OC(=O)C=CC(=O)OC(C)CC(C)CC. The maximum absolute atomic E-state index is 11.6. The molecule has 0 radical (unpaired) electrons. The molecule has 4 nitrogen and oxygen atoms in total. The van der Waals surface area contributed by atoms with E-state index in [-0.39, 0.29) is 12.2 Å². The van der Waals surface area contributed by atoms with Crippen molar-refractivity contribution in [3.63, 3.8) is 0 Å². The van der Waals surface area contributed by atoms with Crippen molar-refractivity contribution in [2.75, 3.05) is 0 Å². The van der Waals surface area contributed by atoms with Crippen molar-refractivity contribution in [2.45, 2.75) is 79.4 Å². The standard InChI is InChI=1S/C18H32O4/c1-7-13(3)11-15(5)21-17(19)9-10-18(20)22-16(6)12-14(4)8-2/h9-10,13-16H,7-8,11-12H2,1-6H3. The molecule has 0 saturated carbocycles. The summed E-state index contributed by atoms with van der Waals surface area (Å²) >= 11 is 0. The third-order valence-electron chi connectivity index (χ3n) is 3.85. The molecule has 4 heteroatoms. The lowest BCUT2D eigenvalue weighted by Gasteiger charge is -2.16. The molecule has 4 unspecified atom stereocenters. The highest BCUT2D eigenvalue weighted by atomic mass is 16.5. The highest BCUT2D eigenvalue weighted by Gasteiger charge is 2.13. The molecule has 0 amide bonds. The Morgan fingerprint density at radius 1 is 0.773 bits per heavy atom. The van der Waals surface area contributed by atoms with Crippen LogP contribution in [0.4, 0.5) is 0 Å². The first-order chi connectivity index (χ1) is 10.3. The number of carbonyl (C=O) groups is 2. The van der Waals surface area contributed by atoms with Crippen molar-refractivity contribution >= 4 is 11.9 Å². The first-order valence-electron chi connectivity index (χ1n) is 8.37. The fourth-order valence-electron chi connectivity index (χ4n) is 2.17. The van der Waals surface area contributed by atoms with Crippen LogP contribution in [-0.2, 0) is 19.1 Å². The zero-order valence-corrected chi connectivity index (χ0v) is 14.9. The summed E-state index contributed by atoms with van der Waals surface area (Å²) in [5, 5.41) is 0. The van der Waals surface area contributed by atoms with E-state index in [1.807, 2.05) is 13.8 Å². The summed E-state index contributed by atoms with van der Waals surface area (Å²) < 4.78 is 10.5. The van der Waals surface area contributed by atoms with Crippen LogP contribution in [0.15, 0.2) is 12.2 Å². The quantitative estimate of drug-likeness (QED) is 0.446. The molecule has 0 aliphatic rings. The molecule has 0 bridgehead atoms. The van der Waals surface area contributed by atoms with Gasteiger partial charge in [-0.1, -0.05) is 40.5 Å². The summed E-state index contributed by atoms with van der Waals surface area (Å²) in [5.74, 6) is 0.0287. The Morgan fingerprint density at radius 2 is 1.09 bits per heavy atom. The average molecular weight is 312 g/mol. The molecule has 0 aromatic rings. The van der Waals surface area contributed by atoms with Gasteiger partial charge in [0.1, 0.15) is 0 Å². The van der Waals surface area contributed by atoms with Crippen LogP contribution in [0.5, 0.6) is 0 Å². The molecule has 0 spiro atoms. The van der Waals surface area contributed by atoms with Gasteiger partial charge in [-0.15, -0.1) is 0 Å². The third kappa shape index (κ3) is 10.4. The van der Waals surface area contributed by atoms with Gasteiger partial charge in [0.15, 0.2) is 0 Å². The molecule has 0 aromatic carbocycles. The fourth-order valence-corrected chi connectivity index (χ4v) is 2.17.